The molecule has 0 unspecified atom stereocenters. The molecule has 0 aliphatic rings. The van der Waals surface area contributed by atoms with Crippen molar-refractivity contribution in [1.82, 2.24) is 19.8 Å². The SMILES string of the molecule is Cc1c(-c2nc3cc(C(C)(C)C)[nH]n3n2)cccc1[N+](=O)[O-]. The van der Waals surface area contributed by atoms with E-state index in [0.29, 0.717) is 22.6 Å². The smallest absolute Gasteiger partial charge is 0.273 e. The Morgan fingerprint density at radius 1 is 1.32 bits per heavy atom. The molecule has 0 saturated carbocycles. The molecule has 3 aromatic rings. The molecular formula is C15H17N5O2. The Morgan fingerprint density at radius 3 is 2.64 bits per heavy atom. The molecule has 1 aromatic carbocycles. The Balaban J connectivity index is 2.10. The van der Waals surface area contributed by atoms with Crippen molar-refractivity contribution in [2.75, 3.05) is 0 Å². The molecule has 22 heavy (non-hydrogen) atoms. The molecule has 0 spiro atoms. The van der Waals surface area contributed by atoms with Crippen LogP contribution in [-0.2, 0) is 5.41 Å². The standard InChI is InChI=1S/C15H17N5O2/c1-9-10(6-5-7-11(9)20(21)22)14-16-13-8-12(15(2,3)4)17-19(13)18-14/h5-8,17H,1-4H3. The Kier molecular flexibility index (Phi) is 3.01. The van der Waals surface area contributed by atoms with Gasteiger partial charge >= 0.3 is 0 Å². The monoisotopic (exact) mass is 299 g/mol. The van der Waals surface area contributed by atoms with E-state index in [1.165, 1.54) is 6.07 Å². The zero-order chi connectivity index (χ0) is 16.1. The lowest BCUT2D eigenvalue weighted by Crippen LogP contribution is -2.12. The number of fused-ring (bicyclic) bond motifs is 1. The molecule has 0 bridgehead atoms. The molecule has 7 heteroatoms. The minimum absolute atomic E-state index is 0.0238. The van der Waals surface area contributed by atoms with Crippen LogP contribution in [0.4, 0.5) is 5.69 Å². The Labute approximate surface area is 127 Å². The summed E-state index contributed by atoms with van der Waals surface area (Å²) in [6.45, 7) is 8.02. The Bertz CT molecular complexity index is 838. The number of nitro groups is 1. The van der Waals surface area contributed by atoms with Gasteiger partial charge in [0, 0.05) is 34.4 Å². The van der Waals surface area contributed by atoms with Crippen LogP contribution in [0.25, 0.3) is 17.0 Å². The number of hydrogen-bond donors (Lipinski definition) is 1. The number of aromatic amines is 1. The van der Waals surface area contributed by atoms with Crippen molar-refractivity contribution < 1.29 is 4.92 Å². The van der Waals surface area contributed by atoms with E-state index in [2.05, 4.69) is 36.0 Å². The van der Waals surface area contributed by atoms with Crippen LogP contribution in [0.1, 0.15) is 32.0 Å². The van der Waals surface area contributed by atoms with Crippen molar-refractivity contribution in [2.45, 2.75) is 33.1 Å². The van der Waals surface area contributed by atoms with Gasteiger partial charge in [0.05, 0.1) is 4.92 Å². The number of nitro benzene ring substituents is 1. The highest BCUT2D eigenvalue weighted by atomic mass is 16.6. The molecule has 0 radical (unpaired) electrons. The highest BCUT2D eigenvalue weighted by Crippen LogP contribution is 2.29. The highest BCUT2D eigenvalue weighted by molar-refractivity contribution is 5.67. The predicted octanol–water partition coefficient (Wildman–Crippen LogP) is 3.24. The molecular weight excluding hydrogens is 282 g/mol. The van der Waals surface area contributed by atoms with Gasteiger partial charge in [-0.25, -0.2) is 4.98 Å². The van der Waals surface area contributed by atoms with Gasteiger partial charge < -0.3 is 0 Å². The molecule has 2 heterocycles. The number of nitrogens with one attached hydrogen (secondary N) is 1. The molecule has 0 saturated heterocycles. The summed E-state index contributed by atoms with van der Waals surface area (Å²) in [6, 6.07) is 6.87. The largest absolute Gasteiger partial charge is 0.280 e. The number of rotatable bonds is 2. The fraction of sp³-hybridized carbons (Fsp3) is 0.333. The molecule has 2 aromatic heterocycles. The van der Waals surface area contributed by atoms with E-state index < -0.39 is 4.92 Å². The van der Waals surface area contributed by atoms with E-state index in [0.717, 1.165) is 5.69 Å². The van der Waals surface area contributed by atoms with Crippen molar-refractivity contribution in [3.05, 3.63) is 45.6 Å². The lowest BCUT2D eigenvalue weighted by Gasteiger charge is -2.14. The molecule has 114 valence electrons. The van der Waals surface area contributed by atoms with Gasteiger partial charge in [0.1, 0.15) is 0 Å². The summed E-state index contributed by atoms with van der Waals surface area (Å²) in [6.07, 6.45) is 0. The summed E-state index contributed by atoms with van der Waals surface area (Å²) >= 11 is 0. The van der Waals surface area contributed by atoms with E-state index in [-0.39, 0.29) is 11.1 Å². The maximum Gasteiger partial charge on any atom is 0.273 e. The summed E-state index contributed by atoms with van der Waals surface area (Å²) in [7, 11) is 0. The number of hydrogen-bond acceptors (Lipinski definition) is 4. The van der Waals surface area contributed by atoms with E-state index in [4.69, 9.17) is 0 Å². The van der Waals surface area contributed by atoms with Crippen LogP contribution in [0.15, 0.2) is 24.3 Å². The normalized spacial score (nSPS) is 12.0. The summed E-state index contributed by atoms with van der Waals surface area (Å²) in [5.74, 6) is 0.480. The molecule has 0 aliphatic carbocycles. The molecule has 0 amide bonds. The van der Waals surface area contributed by atoms with Crippen LogP contribution in [-0.4, -0.2) is 24.7 Å². The van der Waals surface area contributed by atoms with Crippen LogP contribution in [0.2, 0.25) is 0 Å². The fourth-order valence-corrected chi connectivity index (χ4v) is 2.34. The van der Waals surface area contributed by atoms with E-state index in [9.17, 15) is 10.1 Å². The van der Waals surface area contributed by atoms with Crippen LogP contribution >= 0.6 is 0 Å². The number of benzene rings is 1. The summed E-state index contributed by atoms with van der Waals surface area (Å²) in [4.78, 5) is 15.1. The average Bonchev–Trinajstić information content (AvgIpc) is 2.95. The van der Waals surface area contributed by atoms with Gasteiger partial charge in [0.15, 0.2) is 11.5 Å². The first kappa shape index (κ1) is 14.2. The predicted molar refractivity (Wildman–Crippen MR) is 82.9 cm³/mol. The van der Waals surface area contributed by atoms with Crippen molar-refractivity contribution >= 4 is 11.3 Å². The zero-order valence-electron chi connectivity index (χ0n) is 12.9. The van der Waals surface area contributed by atoms with Gasteiger partial charge in [-0.1, -0.05) is 32.9 Å². The van der Waals surface area contributed by atoms with E-state index in [1.807, 2.05) is 6.07 Å². The average molecular weight is 299 g/mol. The molecule has 0 fully saturated rings. The molecule has 3 rings (SSSR count). The Hall–Kier alpha value is -2.70. The van der Waals surface area contributed by atoms with Crippen LogP contribution in [0, 0.1) is 17.0 Å². The van der Waals surface area contributed by atoms with Gasteiger partial charge in [-0.3, -0.25) is 15.2 Å². The first-order chi connectivity index (χ1) is 10.3. The first-order valence-electron chi connectivity index (χ1n) is 6.98. The van der Waals surface area contributed by atoms with Crippen molar-refractivity contribution in [1.29, 1.82) is 0 Å². The number of aromatic nitrogens is 4. The summed E-state index contributed by atoms with van der Waals surface area (Å²) < 4.78 is 1.61. The number of nitrogens with zero attached hydrogens (tertiary/aromatic N) is 4. The topological polar surface area (TPSA) is 89.1 Å². The number of H-pyrrole nitrogens is 1. The van der Waals surface area contributed by atoms with Gasteiger partial charge in [0.25, 0.3) is 5.69 Å². The fourth-order valence-electron chi connectivity index (χ4n) is 2.34. The highest BCUT2D eigenvalue weighted by Gasteiger charge is 2.20. The zero-order valence-corrected chi connectivity index (χ0v) is 12.9. The van der Waals surface area contributed by atoms with Crippen LogP contribution in [0.5, 0.6) is 0 Å². The van der Waals surface area contributed by atoms with Gasteiger partial charge in [0.2, 0.25) is 0 Å². The van der Waals surface area contributed by atoms with Gasteiger partial charge in [-0.15, -0.1) is 5.10 Å². The third-order valence-electron chi connectivity index (χ3n) is 3.68. The van der Waals surface area contributed by atoms with Gasteiger partial charge in [-0.2, -0.15) is 4.63 Å². The minimum atomic E-state index is -0.390. The second kappa shape index (κ2) is 4.66. The van der Waals surface area contributed by atoms with E-state index >= 15 is 0 Å². The maximum absolute atomic E-state index is 11.0. The molecule has 1 N–H and O–H groups in total. The summed E-state index contributed by atoms with van der Waals surface area (Å²) in [5, 5.41) is 18.6. The third-order valence-corrected chi connectivity index (χ3v) is 3.68. The van der Waals surface area contributed by atoms with Crippen molar-refractivity contribution in [2.24, 2.45) is 0 Å². The maximum atomic E-state index is 11.0. The van der Waals surface area contributed by atoms with Gasteiger partial charge in [-0.05, 0) is 6.92 Å². The van der Waals surface area contributed by atoms with Crippen molar-refractivity contribution in [3.8, 4) is 11.4 Å². The second-order valence-electron chi connectivity index (χ2n) is 6.33. The van der Waals surface area contributed by atoms with Crippen LogP contribution in [0.3, 0.4) is 0 Å². The Morgan fingerprint density at radius 2 is 2.05 bits per heavy atom. The lowest BCUT2D eigenvalue weighted by atomic mass is 9.93. The van der Waals surface area contributed by atoms with Crippen molar-refractivity contribution in [3.63, 3.8) is 0 Å². The second-order valence-corrected chi connectivity index (χ2v) is 6.33. The molecule has 0 atom stereocenters. The van der Waals surface area contributed by atoms with E-state index in [1.54, 1.807) is 23.7 Å². The summed E-state index contributed by atoms with van der Waals surface area (Å²) in [5.41, 5.74) is 3.02. The molecule has 0 aliphatic heterocycles. The third kappa shape index (κ3) is 2.24. The molecule has 7 nitrogen and oxygen atoms in total. The lowest BCUT2D eigenvalue weighted by molar-refractivity contribution is -0.385. The van der Waals surface area contributed by atoms with Crippen LogP contribution < -0.4 is 0 Å². The first-order valence-corrected chi connectivity index (χ1v) is 6.98. The quantitative estimate of drug-likeness (QED) is 0.581. The minimum Gasteiger partial charge on any atom is -0.280 e.